The molecule has 3 N–H and O–H groups in total. The Labute approximate surface area is 176 Å². The molecule has 164 valence electrons. The lowest BCUT2D eigenvalue weighted by Gasteiger charge is -2.34. The molecule has 4 amide bonds. The van der Waals surface area contributed by atoms with Gasteiger partial charge >= 0.3 is 6.03 Å². The van der Waals surface area contributed by atoms with Gasteiger partial charge in [-0.05, 0) is 62.6 Å². The molecule has 1 aromatic carbocycles. The van der Waals surface area contributed by atoms with Crippen LogP contribution >= 0.6 is 0 Å². The van der Waals surface area contributed by atoms with Gasteiger partial charge in [0.25, 0.3) is 5.91 Å². The largest absolute Gasteiger partial charge is 0.388 e. The molecule has 0 radical (unpaired) electrons. The van der Waals surface area contributed by atoms with Crippen LogP contribution < -0.4 is 10.6 Å². The molecule has 1 saturated carbocycles. The number of hydrogen-bond acceptors (Lipinski definition) is 4. The van der Waals surface area contributed by atoms with Crippen molar-refractivity contribution in [3.63, 3.8) is 0 Å². The summed E-state index contributed by atoms with van der Waals surface area (Å²) in [5.74, 6) is -0.597. The quantitative estimate of drug-likeness (QED) is 0.592. The van der Waals surface area contributed by atoms with Crippen LogP contribution in [0.2, 0.25) is 0 Å². The molecular weight excluding hydrogens is 389 g/mol. The monoisotopic (exact) mass is 419 g/mol. The van der Waals surface area contributed by atoms with Gasteiger partial charge < -0.3 is 15.7 Å². The van der Waals surface area contributed by atoms with Crippen LogP contribution in [0, 0.1) is 11.7 Å². The number of aliphatic hydroxyl groups is 1. The molecule has 1 aliphatic heterocycles. The van der Waals surface area contributed by atoms with Crippen LogP contribution in [0.3, 0.4) is 0 Å². The summed E-state index contributed by atoms with van der Waals surface area (Å²) in [5, 5.41) is 15.8. The van der Waals surface area contributed by atoms with E-state index in [1.54, 1.807) is 6.92 Å². The van der Waals surface area contributed by atoms with Gasteiger partial charge in [-0.25, -0.2) is 9.18 Å². The Morgan fingerprint density at radius 2 is 1.93 bits per heavy atom. The molecule has 2 atom stereocenters. The summed E-state index contributed by atoms with van der Waals surface area (Å²) < 4.78 is 13.0. The van der Waals surface area contributed by atoms with Crippen molar-refractivity contribution in [3.8, 4) is 0 Å². The van der Waals surface area contributed by atoms with Gasteiger partial charge in [0.2, 0.25) is 5.91 Å². The lowest BCUT2D eigenvalue weighted by molar-refractivity contribution is -0.136. The highest BCUT2D eigenvalue weighted by molar-refractivity contribution is 6.09. The molecule has 1 heterocycles. The Morgan fingerprint density at radius 3 is 2.53 bits per heavy atom. The second-order valence-corrected chi connectivity index (χ2v) is 8.53. The fraction of sp³-hybridized carbons (Fsp3) is 0.591. The Hall–Kier alpha value is -2.48. The number of rotatable bonds is 7. The number of nitrogens with zero attached hydrogens (tertiary/aromatic N) is 1. The highest BCUT2D eigenvalue weighted by atomic mass is 19.1. The van der Waals surface area contributed by atoms with Crippen molar-refractivity contribution in [2.24, 2.45) is 5.92 Å². The summed E-state index contributed by atoms with van der Waals surface area (Å²) in [4.78, 5) is 38.7. The fourth-order valence-corrected chi connectivity index (χ4v) is 4.42. The van der Waals surface area contributed by atoms with Crippen LogP contribution in [-0.2, 0) is 9.59 Å². The average molecular weight is 419 g/mol. The zero-order valence-electron chi connectivity index (χ0n) is 17.5. The first-order valence-corrected chi connectivity index (χ1v) is 10.6. The fourth-order valence-electron chi connectivity index (χ4n) is 4.42. The summed E-state index contributed by atoms with van der Waals surface area (Å²) in [6.45, 7) is 3.51. The van der Waals surface area contributed by atoms with Crippen LogP contribution in [0.1, 0.15) is 64.0 Å². The first kappa shape index (κ1) is 22.2. The number of benzene rings is 1. The Bertz CT molecular complexity index is 790. The lowest BCUT2D eigenvalue weighted by atomic mass is 9.75. The highest BCUT2D eigenvalue weighted by Crippen LogP contribution is 2.37. The minimum atomic E-state index is -0.868. The molecule has 1 aromatic rings. The van der Waals surface area contributed by atoms with Gasteiger partial charge in [-0.15, -0.1) is 0 Å². The van der Waals surface area contributed by atoms with E-state index in [-0.39, 0.29) is 24.7 Å². The third-order valence-electron chi connectivity index (χ3n) is 6.32. The van der Waals surface area contributed by atoms with E-state index in [2.05, 4.69) is 17.6 Å². The number of halogens is 1. The van der Waals surface area contributed by atoms with Crippen molar-refractivity contribution in [2.75, 3.05) is 6.54 Å². The molecular formula is C22H30FN3O4. The number of urea groups is 1. The van der Waals surface area contributed by atoms with Crippen molar-refractivity contribution in [1.82, 2.24) is 15.5 Å². The van der Waals surface area contributed by atoms with E-state index in [1.165, 1.54) is 24.3 Å². The maximum atomic E-state index is 13.0. The van der Waals surface area contributed by atoms with E-state index in [0.29, 0.717) is 24.3 Å². The minimum absolute atomic E-state index is 0.222. The zero-order valence-corrected chi connectivity index (χ0v) is 17.5. The third kappa shape index (κ3) is 4.80. The number of imide groups is 1. The molecule has 7 nitrogen and oxygen atoms in total. The van der Waals surface area contributed by atoms with E-state index in [1.807, 2.05) is 0 Å². The molecule has 2 aliphatic rings. The maximum Gasteiger partial charge on any atom is 0.325 e. The molecule has 0 bridgehead atoms. The zero-order chi connectivity index (χ0) is 21.9. The van der Waals surface area contributed by atoms with Crippen LogP contribution in [0.15, 0.2) is 24.3 Å². The summed E-state index contributed by atoms with van der Waals surface area (Å²) in [7, 11) is 0. The van der Waals surface area contributed by atoms with Crippen molar-refractivity contribution in [3.05, 3.63) is 35.6 Å². The molecule has 1 saturated heterocycles. The molecule has 2 fully saturated rings. The maximum absolute atomic E-state index is 13.0. The van der Waals surface area contributed by atoms with E-state index in [0.717, 1.165) is 24.2 Å². The smallest absolute Gasteiger partial charge is 0.325 e. The van der Waals surface area contributed by atoms with Crippen LogP contribution in [0.4, 0.5) is 9.18 Å². The Morgan fingerprint density at radius 1 is 1.30 bits per heavy atom. The van der Waals surface area contributed by atoms with Gasteiger partial charge in [-0.3, -0.25) is 14.5 Å². The van der Waals surface area contributed by atoms with Crippen molar-refractivity contribution < 1.29 is 23.9 Å². The SMILES string of the molecule is CCC1CCC2(CC1)NC(=O)N(CC(=O)NC(C)CC(O)c1ccc(F)cc1)C2=O. The number of carbonyl (C=O) groups excluding carboxylic acids is 3. The summed E-state index contributed by atoms with van der Waals surface area (Å²) in [6, 6.07) is 4.60. The second-order valence-electron chi connectivity index (χ2n) is 8.53. The number of aliphatic hydroxyl groups excluding tert-OH is 1. The topological polar surface area (TPSA) is 98.7 Å². The van der Waals surface area contributed by atoms with Crippen LogP contribution in [0.25, 0.3) is 0 Å². The molecule has 0 aromatic heterocycles. The predicted octanol–water partition coefficient (Wildman–Crippen LogP) is 2.64. The molecule has 8 heteroatoms. The van der Waals surface area contributed by atoms with Gasteiger partial charge in [0.1, 0.15) is 17.9 Å². The van der Waals surface area contributed by atoms with Crippen molar-refractivity contribution in [1.29, 1.82) is 0 Å². The first-order valence-electron chi connectivity index (χ1n) is 10.6. The summed E-state index contributed by atoms with van der Waals surface area (Å²) in [6.07, 6.45) is 3.41. The number of carbonyl (C=O) groups is 3. The molecule has 3 rings (SSSR count). The van der Waals surface area contributed by atoms with Gasteiger partial charge in [-0.2, -0.15) is 0 Å². The molecule has 1 spiro atoms. The highest BCUT2D eigenvalue weighted by Gasteiger charge is 2.52. The number of amides is 4. The Balaban J connectivity index is 1.52. The van der Waals surface area contributed by atoms with Gasteiger partial charge in [0.05, 0.1) is 6.10 Å². The van der Waals surface area contributed by atoms with E-state index in [4.69, 9.17) is 0 Å². The first-order chi connectivity index (χ1) is 14.2. The molecule has 1 aliphatic carbocycles. The van der Waals surface area contributed by atoms with Crippen molar-refractivity contribution >= 4 is 17.8 Å². The van der Waals surface area contributed by atoms with E-state index in [9.17, 15) is 23.9 Å². The number of hydrogen-bond donors (Lipinski definition) is 3. The predicted molar refractivity (Wildman–Crippen MR) is 109 cm³/mol. The van der Waals surface area contributed by atoms with Crippen LogP contribution in [-0.4, -0.2) is 46.0 Å². The Kier molecular flexibility index (Phi) is 6.75. The third-order valence-corrected chi connectivity index (χ3v) is 6.32. The number of nitrogens with one attached hydrogen (secondary N) is 2. The minimum Gasteiger partial charge on any atom is -0.388 e. The van der Waals surface area contributed by atoms with Gasteiger partial charge in [0, 0.05) is 6.04 Å². The summed E-state index contributed by atoms with van der Waals surface area (Å²) >= 11 is 0. The second kappa shape index (κ2) is 9.12. The molecule has 2 unspecified atom stereocenters. The average Bonchev–Trinajstić information content (AvgIpc) is 2.93. The van der Waals surface area contributed by atoms with E-state index >= 15 is 0 Å². The van der Waals surface area contributed by atoms with Crippen molar-refractivity contribution in [2.45, 2.75) is 70.1 Å². The molecule has 30 heavy (non-hydrogen) atoms. The van der Waals surface area contributed by atoms with E-state index < -0.39 is 29.6 Å². The normalized spacial score (nSPS) is 25.9. The summed E-state index contributed by atoms with van der Waals surface area (Å²) in [5.41, 5.74) is -0.316. The van der Waals surface area contributed by atoms with Crippen LogP contribution in [0.5, 0.6) is 0 Å². The van der Waals surface area contributed by atoms with Gasteiger partial charge in [0.15, 0.2) is 0 Å². The lowest BCUT2D eigenvalue weighted by Crippen LogP contribution is -2.50. The van der Waals surface area contributed by atoms with Gasteiger partial charge in [-0.1, -0.05) is 25.5 Å². The standard InChI is InChI=1S/C22H30FN3O4/c1-3-15-8-10-22(11-9-15)20(29)26(21(30)25-22)13-19(28)24-14(2)12-18(27)16-4-6-17(23)7-5-16/h4-7,14-15,18,27H,3,8-13H2,1-2H3,(H,24,28)(H,25,30).